The van der Waals surface area contributed by atoms with Gasteiger partial charge in [-0.2, -0.15) is 18.2 Å². The van der Waals surface area contributed by atoms with Crippen LogP contribution in [-0.2, 0) is 6.18 Å². The van der Waals surface area contributed by atoms with E-state index in [1.54, 1.807) is 0 Å². The first kappa shape index (κ1) is 20.6. The van der Waals surface area contributed by atoms with E-state index in [1.165, 1.54) is 37.5 Å². The van der Waals surface area contributed by atoms with Crippen molar-refractivity contribution in [3.63, 3.8) is 0 Å². The van der Waals surface area contributed by atoms with Crippen LogP contribution in [0, 0.1) is 0 Å². The number of alkyl halides is 3. The monoisotopic (exact) mass is 427 g/mol. The second kappa shape index (κ2) is 8.47. The largest absolute Gasteiger partial charge is 0.492 e. The molecule has 2 amide bonds. The summed E-state index contributed by atoms with van der Waals surface area (Å²) in [6.45, 7) is 0.167. The lowest BCUT2D eigenvalue weighted by Crippen LogP contribution is -2.34. The molecular weight excluding hydrogens is 411 g/mol. The van der Waals surface area contributed by atoms with Crippen LogP contribution in [0.1, 0.15) is 5.56 Å². The summed E-state index contributed by atoms with van der Waals surface area (Å²) in [4.78, 5) is 26.4. The van der Waals surface area contributed by atoms with E-state index in [9.17, 15) is 18.0 Å². The number of thiazole rings is 1. The second-order valence-corrected chi connectivity index (χ2v) is 6.76. The minimum Gasteiger partial charge on any atom is -0.492 e. The van der Waals surface area contributed by atoms with E-state index >= 15 is 0 Å². The summed E-state index contributed by atoms with van der Waals surface area (Å²) in [7, 11) is 2.98. The van der Waals surface area contributed by atoms with Crippen molar-refractivity contribution in [2.75, 3.05) is 32.6 Å². The molecule has 2 aromatic heterocycles. The topological polar surface area (TPSA) is 89.5 Å². The maximum Gasteiger partial charge on any atom is 0.416 e. The summed E-state index contributed by atoms with van der Waals surface area (Å²) in [5.41, 5.74) is -0.360. The number of carbonyl (C=O) groups is 1. The number of rotatable bonds is 6. The van der Waals surface area contributed by atoms with Crippen molar-refractivity contribution in [3.8, 4) is 11.6 Å². The molecule has 0 aliphatic heterocycles. The first-order valence-corrected chi connectivity index (χ1v) is 9.07. The van der Waals surface area contributed by atoms with E-state index in [1.807, 2.05) is 0 Å². The predicted octanol–water partition coefficient (Wildman–Crippen LogP) is 3.66. The molecule has 2 heterocycles. The van der Waals surface area contributed by atoms with Gasteiger partial charge >= 0.3 is 12.2 Å². The number of nitrogens with zero attached hydrogens (tertiary/aromatic N) is 4. The predicted molar refractivity (Wildman–Crippen MR) is 100 cm³/mol. The molecule has 1 N–H and O–H groups in total. The van der Waals surface area contributed by atoms with E-state index in [4.69, 9.17) is 9.47 Å². The quantitative estimate of drug-likeness (QED) is 0.646. The number of amides is 2. The number of aromatic nitrogens is 3. The Labute approximate surface area is 167 Å². The van der Waals surface area contributed by atoms with Gasteiger partial charge in [-0.1, -0.05) is 17.4 Å². The van der Waals surface area contributed by atoms with Crippen LogP contribution >= 0.6 is 11.3 Å². The Morgan fingerprint density at radius 3 is 2.83 bits per heavy atom. The van der Waals surface area contributed by atoms with Gasteiger partial charge in [0.1, 0.15) is 18.7 Å². The van der Waals surface area contributed by atoms with E-state index < -0.39 is 17.8 Å². The SMILES string of the molecule is COc1ncnc2sc(NC(=O)N(C)CCOc3cccc(C(F)(F)F)c3)nc12. The second-order valence-electron chi connectivity index (χ2n) is 5.78. The fraction of sp³-hybridized carbons (Fsp3) is 0.294. The molecule has 29 heavy (non-hydrogen) atoms. The lowest BCUT2D eigenvalue weighted by Gasteiger charge is -2.17. The number of hydrogen-bond donors (Lipinski definition) is 1. The Balaban J connectivity index is 1.55. The molecule has 0 fully saturated rings. The maximum absolute atomic E-state index is 12.7. The third kappa shape index (κ3) is 5.02. The van der Waals surface area contributed by atoms with E-state index in [-0.39, 0.29) is 18.9 Å². The summed E-state index contributed by atoms with van der Waals surface area (Å²) < 4.78 is 48.6. The highest BCUT2D eigenvalue weighted by molar-refractivity contribution is 7.22. The molecule has 3 rings (SSSR count). The molecule has 12 heteroatoms. The van der Waals surface area contributed by atoms with Gasteiger partial charge in [-0.05, 0) is 18.2 Å². The smallest absolute Gasteiger partial charge is 0.416 e. The summed E-state index contributed by atoms with van der Waals surface area (Å²) in [5.74, 6) is 0.375. The number of hydrogen-bond acceptors (Lipinski definition) is 7. The number of anilines is 1. The highest BCUT2D eigenvalue weighted by Crippen LogP contribution is 2.31. The number of ether oxygens (including phenoxy) is 2. The number of benzene rings is 1. The Kier molecular flexibility index (Phi) is 6.01. The third-order valence-electron chi connectivity index (χ3n) is 3.77. The molecular formula is C17H16F3N5O3S. The van der Waals surface area contributed by atoms with Gasteiger partial charge in [-0.25, -0.2) is 14.8 Å². The molecule has 1 aromatic carbocycles. The van der Waals surface area contributed by atoms with Crippen LogP contribution in [-0.4, -0.2) is 53.2 Å². The fourth-order valence-electron chi connectivity index (χ4n) is 2.29. The zero-order chi connectivity index (χ0) is 21.0. The number of nitrogens with one attached hydrogen (secondary N) is 1. The van der Waals surface area contributed by atoms with Gasteiger partial charge in [0.15, 0.2) is 15.5 Å². The Bertz CT molecular complexity index is 1010. The molecule has 0 aliphatic rings. The fourth-order valence-corrected chi connectivity index (χ4v) is 3.08. The van der Waals surface area contributed by atoms with Crippen molar-refractivity contribution in [1.82, 2.24) is 19.9 Å². The summed E-state index contributed by atoms with van der Waals surface area (Å²) in [6, 6.07) is 4.10. The molecule has 0 aliphatic carbocycles. The zero-order valence-electron chi connectivity index (χ0n) is 15.4. The van der Waals surface area contributed by atoms with Crippen LogP contribution in [0.5, 0.6) is 11.6 Å². The van der Waals surface area contributed by atoms with Crippen molar-refractivity contribution in [3.05, 3.63) is 36.2 Å². The molecule has 0 saturated carbocycles. The molecule has 154 valence electrons. The first-order chi connectivity index (χ1) is 13.8. The van der Waals surface area contributed by atoms with Crippen LogP contribution in [0.25, 0.3) is 10.3 Å². The Hall–Kier alpha value is -3.15. The minimum atomic E-state index is -4.44. The summed E-state index contributed by atoms with van der Waals surface area (Å²) in [5, 5.41) is 2.94. The van der Waals surface area contributed by atoms with Crippen LogP contribution in [0.4, 0.5) is 23.1 Å². The van der Waals surface area contributed by atoms with Crippen molar-refractivity contribution < 1.29 is 27.4 Å². The zero-order valence-corrected chi connectivity index (χ0v) is 16.2. The normalized spacial score (nSPS) is 11.3. The molecule has 0 bridgehead atoms. The molecule has 8 nitrogen and oxygen atoms in total. The van der Waals surface area contributed by atoms with Crippen molar-refractivity contribution in [2.45, 2.75) is 6.18 Å². The number of likely N-dealkylation sites (N-methyl/N-ethyl adjacent to an activating group) is 1. The van der Waals surface area contributed by atoms with Crippen LogP contribution in [0.2, 0.25) is 0 Å². The highest BCUT2D eigenvalue weighted by Gasteiger charge is 2.30. The third-order valence-corrected chi connectivity index (χ3v) is 4.65. The van der Waals surface area contributed by atoms with Gasteiger partial charge in [-0.3, -0.25) is 5.32 Å². The van der Waals surface area contributed by atoms with Gasteiger partial charge in [0.2, 0.25) is 5.88 Å². The van der Waals surface area contributed by atoms with Crippen molar-refractivity contribution in [2.24, 2.45) is 0 Å². The Morgan fingerprint density at radius 1 is 1.31 bits per heavy atom. The van der Waals surface area contributed by atoms with Crippen LogP contribution < -0.4 is 14.8 Å². The van der Waals surface area contributed by atoms with Gasteiger partial charge in [0.05, 0.1) is 19.2 Å². The van der Waals surface area contributed by atoms with Gasteiger partial charge < -0.3 is 14.4 Å². The van der Waals surface area contributed by atoms with Gasteiger partial charge in [-0.15, -0.1) is 0 Å². The number of carbonyl (C=O) groups excluding carboxylic acids is 1. The standard InChI is InChI=1S/C17H16F3N5O3S/c1-25(6-7-28-11-5-3-4-10(8-11)17(18,19)20)16(26)24-15-23-12-13(27-2)21-9-22-14(12)29-15/h3-5,8-9H,6-7H2,1-2H3,(H,23,24,26). The van der Waals surface area contributed by atoms with Gasteiger partial charge in [0.25, 0.3) is 0 Å². The first-order valence-electron chi connectivity index (χ1n) is 8.25. The lowest BCUT2D eigenvalue weighted by molar-refractivity contribution is -0.137. The lowest BCUT2D eigenvalue weighted by atomic mass is 10.2. The average molecular weight is 427 g/mol. The molecule has 0 atom stereocenters. The maximum atomic E-state index is 12.7. The summed E-state index contributed by atoms with van der Waals surface area (Å²) >= 11 is 1.16. The summed E-state index contributed by atoms with van der Waals surface area (Å²) in [6.07, 6.45) is -3.11. The number of halogens is 3. The van der Waals surface area contributed by atoms with E-state index in [0.717, 1.165) is 23.5 Å². The van der Waals surface area contributed by atoms with E-state index in [2.05, 4.69) is 20.3 Å². The van der Waals surface area contributed by atoms with Crippen LogP contribution in [0.3, 0.4) is 0 Å². The number of fused-ring (bicyclic) bond motifs is 1. The molecule has 3 aromatic rings. The highest BCUT2D eigenvalue weighted by atomic mass is 32.1. The molecule has 0 spiro atoms. The van der Waals surface area contributed by atoms with Crippen LogP contribution in [0.15, 0.2) is 30.6 Å². The van der Waals surface area contributed by atoms with E-state index in [0.29, 0.717) is 21.4 Å². The number of methoxy groups -OCH3 is 1. The molecule has 0 saturated heterocycles. The molecule has 0 radical (unpaired) electrons. The van der Waals surface area contributed by atoms with Gasteiger partial charge in [0, 0.05) is 7.05 Å². The molecule has 0 unspecified atom stereocenters. The van der Waals surface area contributed by atoms with Crippen molar-refractivity contribution >= 4 is 32.8 Å². The average Bonchev–Trinajstić information content (AvgIpc) is 3.09. The Morgan fingerprint density at radius 2 is 2.10 bits per heavy atom. The van der Waals surface area contributed by atoms with Crippen molar-refractivity contribution in [1.29, 1.82) is 0 Å². The minimum absolute atomic E-state index is 0.0182. The number of urea groups is 1.